The highest BCUT2D eigenvalue weighted by Crippen LogP contribution is 2.17. The van der Waals surface area contributed by atoms with Crippen LogP contribution < -0.4 is 5.32 Å². The summed E-state index contributed by atoms with van der Waals surface area (Å²) in [7, 11) is 0. The first kappa shape index (κ1) is 14.7. The Morgan fingerprint density at radius 2 is 1.84 bits per heavy atom. The van der Waals surface area contributed by atoms with Gasteiger partial charge in [-0.3, -0.25) is 4.90 Å². The van der Waals surface area contributed by atoms with Gasteiger partial charge in [0.2, 0.25) is 5.13 Å². The van der Waals surface area contributed by atoms with E-state index < -0.39 is 0 Å². The van der Waals surface area contributed by atoms with E-state index in [9.17, 15) is 0 Å². The van der Waals surface area contributed by atoms with Crippen LogP contribution >= 0.6 is 11.3 Å². The third-order valence-corrected chi connectivity index (χ3v) is 4.11. The molecule has 0 bridgehead atoms. The normalized spacial score (nSPS) is 18.1. The molecule has 2 rings (SSSR count). The predicted octanol–water partition coefficient (Wildman–Crippen LogP) is 1.74. The first-order valence-electron chi connectivity index (χ1n) is 7.18. The number of piperazine rings is 1. The molecule has 0 unspecified atom stereocenters. The zero-order chi connectivity index (χ0) is 13.7. The lowest BCUT2D eigenvalue weighted by atomic mass is 10.2. The van der Waals surface area contributed by atoms with E-state index in [1.165, 1.54) is 19.6 Å². The first-order chi connectivity index (χ1) is 9.17. The molecule has 1 aromatic rings. The number of aromatic nitrogens is 2. The lowest BCUT2D eigenvalue weighted by molar-refractivity contribution is 0.117. The number of rotatable bonds is 6. The zero-order valence-corrected chi connectivity index (χ0v) is 13.0. The van der Waals surface area contributed by atoms with Gasteiger partial charge in [0.25, 0.3) is 0 Å². The summed E-state index contributed by atoms with van der Waals surface area (Å²) in [6.07, 6.45) is 0. The summed E-state index contributed by atoms with van der Waals surface area (Å²) in [5.41, 5.74) is 0. The number of nitrogens with one attached hydrogen (secondary N) is 1. The lowest BCUT2D eigenvalue weighted by Crippen LogP contribution is -2.46. The third kappa shape index (κ3) is 4.71. The van der Waals surface area contributed by atoms with E-state index in [4.69, 9.17) is 0 Å². The summed E-state index contributed by atoms with van der Waals surface area (Å²) < 4.78 is 0. The summed E-state index contributed by atoms with van der Waals surface area (Å²) in [5, 5.41) is 13.7. The van der Waals surface area contributed by atoms with Crippen LogP contribution in [0.4, 0.5) is 5.13 Å². The Hall–Kier alpha value is -0.720. The van der Waals surface area contributed by atoms with Crippen molar-refractivity contribution in [2.24, 2.45) is 5.92 Å². The Kier molecular flexibility index (Phi) is 5.54. The maximum absolute atomic E-state index is 4.25. The van der Waals surface area contributed by atoms with Crippen molar-refractivity contribution in [2.45, 2.75) is 27.3 Å². The van der Waals surface area contributed by atoms with Crippen LogP contribution in [0.15, 0.2) is 0 Å². The highest BCUT2D eigenvalue weighted by Gasteiger charge is 2.18. The molecule has 1 aliphatic rings. The molecule has 0 aromatic carbocycles. The average molecular weight is 283 g/mol. The minimum atomic E-state index is 0.761. The van der Waals surface area contributed by atoms with Crippen molar-refractivity contribution in [3.8, 4) is 0 Å². The van der Waals surface area contributed by atoms with Crippen LogP contribution in [0.25, 0.3) is 0 Å². The monoisotopic (exact) mass is 283 g/mol. The van der Waals surface area contributed by atoms with Gasteiger partial charge in [-0.15, -0.1) is 10.2 Å². The molecule has 0 radical (unpaired) electrons. The molecular weight excluding hydrogens is 258 g/mol. The summed E-state index contributed by atoms with van der Waals surface area (Å²) in [5.74, 6) is 0.761. The summed E-state index contributed by atoms with van der Waals surface area (Å²) >= 11 is 1.67. The van der Waals surface area contributed by atoms with Crippen molar-refractivity contribution >= 4 is 16.5 Å². The van der Waals surface area contributed by atoms with Gasteiger partial charge < -0.3 is 10.2 Å². The van der Waals surface area contributed by atoms with Crippen LogP contribution in [0.1, 0.15) is 25.8 Å². The summed E-state index contributed by atoms with van der Waals surface area (Å²) in [6, 6.07) is 0. The van der Waals surface area contributed by atoms with Gasteiger partial charge >= 0.3 is 0 Å². The zero-order valence-electron chi connectivity index (χ0n) is 12.2. The molecule has 5 nitrogen and oxygen atoms in total. The van der Waals surface area contributed by atoms with Gasteiger partial charge in [0.15, 0.2) is 0 Å². The maximum Gasteiger partial charge on any atom is 0.205 e. The van der Waals surface area contributed by atoms with Crippen LogP contribution in [0.5, 0.6) is 0 Å². The van der Waals surface area contributed by atoms with Crippen LogP contribution in [0, 0.1) is 5.92 Å². The van der Waals surface area contributed by atoms with Crippen molar-refractivity contribution in [3.05, 3.63) is 5.01 Å². The van der Waals surface area contributed by atoms with Crippen LogP contribution in [-0.4, -0.2) is 59.3 Å². The number of nitrogens with zero attached hydrogens (tertiary/aromatic N) is 4. The molecule has 0 saturated carbocycles. The van der Waals surface area contributed by atoms with E-state index in [0.717, 1.165) is 42.2 Å². The second-order valence-corrected chi connectivity index (χ2v) is 6.56. The molecule has 1 aromatic heterocycles. The van der Waals surface area contributed by atoms with E-state index in [1.807, 2.05) is 0 Å². The smallest absolute Gasteiger partial charge is 0.205 e. The molecule has 0 atom stereocenters. The molecule has 1 N–H and O–H groups in total. The Balaban J connectivity index is 1.75. The van der Waals surface area contributed by atoms with E-state index >= 15 is 0 Å². The van der Waals surface area contributed by atoms with Crippen LogP contribution in [0.3, 0.4) is 0 Å². The Labute approximate surface area is 120 Å². The Morgan fingerprint density at radius 3 is 2.47 bits per heavy atom. The second-order valence-electron chi connectivity index (χ2n) is 5.50. The minimum Gasteiger partial charge on any atom is -0.360 e. The Morgan fingerprint density at radius 1 is 1.16 bits per heavy atom. The highest BCUT2D eigenvalue weighted by molar-refractivity contribution is 7.15. The molecule has 108 valence electrons. The fourth-order valence-electron chi connectivity index (χ4n) is 2.38. The van der Waals surface area contributed by atoms with Gasteiger partial charge in [-0.25, -0.2) is 0 Å². The number of hydrogen-bond acceptors (Lipinski definition) is 6. The molecule has 1 saturated heterocycles. The first-order valence-corrected chi connectivity index (χ1v) is 8.00. The summed E-state index contributed by atoms with van der Waals surface area (Å²) in [6.45, 7) is 14.4. The molecule has 1 fully saturated rings. The molecule has 0 aliphatic carbocycles. The van der Waals surface area contributed by atoms with Gasteiger partial charge in [0.05, 0.1) is 6.54 Å². The minimum absolute atomic E-state index is 0.761. The number of anilines is 1. The fraction of sp³-hybridized carbons (Fsp3) is 0.846. The van der Waals surface area contributed by atoms with Crippen molar-refractivity contribution in [1.82, 2.24) is 20.0 Å². The van der Waals surface area contributed by atoms with Gasteiger partial charge in [0.1, 0.15) is 5.01 Å². The van der Waals surface area contributed by atoms with E-state index in [1.54, 1.807) is 11.3 Å². The van der Waals surface area contributed by atoms with Crippen LogP contribution in [0.2, 0.25) is 0 Å². The fourth-order valence-corrected chi connectivity index (χ4v) is 3.23. The third-order valence-electron chi connectivity index (χ3n) is 3.24. The van der Waals surface area contributed by atoms with Gasteiger partial charge in [-0.2, -0.15) is 0 Å². The lowest BCUT2D eigenvalue weighted by Gasteiger charge is -2.34. The molecular formula is C13H25N5S. The van der Waals surface area contributed by atoms with Gasteiger partial charge in [-0.1, -0.05) is 25.2 Å². The summed E-state index contributed by atoms with van der Waals surface area (Å²) in [4.78, 5) is 5.04. The van der Waals surface area contributed by atoms with E-state index in [2.05, 4.69) is 46.1 Å². The van der Waals surface area contributed by atoms with Crippen LogP contribution in [-0.2, 0) is 6.54 Å². The molecule has 2 heterocycles. The quantitative estimate of drug-likeness (QED) is 0.861. The molecule has 6 heteroatoms. The average Bonchev–Trinajstić information content (AvgIpc) is 2.79. The molecule has 1 aliphatic heterocycles. The van der Waals surface area contributed by atoms with Gasteiger partial charge in [-0.05, 0) is 12.8 Å². The highest BCUT2D eigenvalue weighted by atomic mass is 32.1. The van der Waals surface area contributed by atoms with E-state index in [0.29, 0.717) is 0 Å². The molecule has 0 spiro atoms. The maximum atomic E-state index is 4.25. The molecule has 19 heavy (non-hydrogen) atoms. The largest absolute Gasteiger partial charge is 0.360 e. The van der Waals surface area contributed by atoms with Crippen molar-refractivity contribution in [1.29, 1.82) is 0 Å². The molecule has 0 amide bonds. The van der Waals surface area contributed by atoms with Crippen molar-refractivity contribution in [3.63, 3.8) is 0 Å². The Bertz CT molecular complexity index is 371. The SMILES string of the molecule is CCNc1nnc(CN2CCN(CC(C)C)CC2)s1. The topological polar surface area (TPSA) is 44.3 Å². The van der Waals surface area contributed by atoms with E-state index in [-0.39, 0.29) is 0 Å². The van der Waals surface area contributed by atoms with Crippen molar-refractivity contribution in [2.75, 3.05) is 44.6 Å². The standard InChI is InChI=1S/C13H25N5S/c1-4-14-13-16-15-12(19-13)10-18-7-5-17(6-8-18)9-11(2)3/h11H,4-10H2,1-3H3,(H,14,16). The number of hydrogen-bond donors (Lipinski definition) is 1. The van der Waals surface area contributed by atoms with Gasteiger partial charge in [0, 0.05) is 39.3 Å². The van der Waals surface area contributed by atoms with Crippen molar-refractivity contribution < 1.29 is 0 Å². The second kappa shape index (κ2) is 7.17. The predicted molar refractivity (Wildman–Crippen MR) is 80.6 cm³/mol.